The lowest BCUT2D eigenvalue weighted by Gasteiger charge is -2.19. The van der Waals surface area contributed by atoms with E-state index in [1.165, 1.54) is 19.1 Å². The van der Waals surface area contributed by atoms with Gasteiger partial charge in [0, 0.05) is 18.9 Å². The average Bonchev–Trinajstić information content (AvgIpc) is 3.64. The summed E-state index contributed by atoms with van der Waals surface area (Å²) in [4.78, 5) is 29.0. The number of alkyl halides is 3. The molecule has 2 unspecified atom stereocenters. The van der Waals surface area contributed by atoms with Crippen LogP contribution in [0.25, 0.3) is 16.9 Å². The van der Waals surface area contributed by atoms with Gasteiger partial charge in [0.15, 0.2) is 5.69 Å². The minimum absolute atomic E-state index is 0.0900. The van der Waals surface area contributed by atoms with E-state index in [9.17, 15) is 36.4 Å². The number of aryl methyl sites for hydroxylation is 1. The lowest BCUT2D eigenvalue weighted by atomic mass is 9.97. The summed E-state index contributed by atoms with van der Waals surface area (Å²) in [5.74, 6) is -0.561. The van der Waals surface area contributed by atoms with E-state index in [1.54, 1.807) is 49.8 Å². The summed E-state index contributed by atoms with van der Waals surface area (Å²) < 4.78 is 79.3. The van der Waals surface area contributed by atoms with Crippen molar-refractivity contribution in [2.45, 2.75) is 64.5 Å². The third kappa shape index (κ3) is 8.90. The summed E-state index contributed by atoms with van der Waals surface area (Å²) in [7, 11) is -4.45. The second kappa shape index (κ2) is 13.5. The van der Waals surface area contributed by atoms with Gasteiger partial charge in [0.1, 0.15) is 12.6 Å². The quantitative estimate of drug-likeness (QED) is 0.105. The van der Waals surface area contributed by atoms with Gasteiger partial charge >= 0.3 is 18.2 Å². The summed E-state index contributed by atoms with van der Waals surface area (Å²) >= 11 is 0. The number of aromatic nitrogens is 2. The zero-order valence-corrected chi connectivity index (χ0v) is 26.8. The molecule has 0 saturated carbocycles. The zero-order chi connectivity index (χ0) is 34.7. The first-order valence-electron chi connectivity index (χ1n) is 14.2. The van der Waals surface area contributed by atoms with Crippen molar-refractivity contribution in [3.8, 4) is 16.9 Å². The average molecular weight is 683 g/mol. The number of carbonyl (C=O) groups excluding carboxylic acids is 2. The lowest BCUT2D eigenvalue weighted by Crippen LogP contribution is -2.36. The van der Waals surface area contributed by atoms with E-state index in [2.05, 4.69) is 10.4 Å². The second-order valence-electron chi connectivity index (χ2n) is 11.7. The van der Waals surface area contributed by atoms with Gasteiger partial charge in [0.25, 0.3) is 16.3 Å². The maximum Gasteiger partial charge on any atom is 0.435 e. The molecule has 1 N–H and O–H groups in total. The van der Waals surface area contributed by atoms with E-state index < -0.39 is 51.8 Å². The summed E-state index contributed by atoms with van der Waals surface area (Å²) in [5.41, 5.74) is -0.277. The number of nitrogens with one attached hydrogen (secondary N) is 1. The molecule has 14 nitrogen and oxygen atoms in total. The number of nitrogens with zero attached hydrogens (tertiary/aromatic N) is 5. The van der Waals surface area contributed by atoms with Gasteiger partial charge in [-0.05, 0) is 58.0 Å². The Balaban J connectivity index is 1.37. The minimum atomic E-state index is -4.72. The van der Waals surface area contributed by atoms with E-state index in [0.29, 0.717) is 5.56 Å². The number of esters is 1. The highest BCUT2D eigenvalue weighted by molar-refractivity contribution is 7.90. The number of hydrazine groups is 1. The molecular formula is C29H33F3N6O8S. The van der Waals surface area contributed by atoms with Gasteiger partial charge in [-0.3, -0.25) is 9.63 Å². The molecule has 3 aromatic rings. The predicted octanol–water partition coefficient (Wildman–Crippen LogP) is 5.10. The molecule has 4 rings (SSSR count). The Morgan fingerprint density at radius 1 is 1.11 bits per heavy atom. The molecule has 0 bridgehead atoms. The highest BCUT2D eigenvalue weighted by atomic mass is 32.2. The van der Waals surface area contributed by atoms with Gasteiger partial charge in [-0.15, -0.1) is 5.01 Å². The van der Waals surface area contributed by atoms with Gasteiger partial charge in [0.05, 0.1) is 33.2 Å². The fourth-order valence-electron chi connectivity index (χ4n) is 4.23. The number of amides is 1. The number of benzene rings is 2. The van der Waals surface area contributed by atoms with E-state index >= 15 is 0 Å². The number of rotatable bonds is 9. The Morgan fingerprint density at radius 2 is 1.74 bits per heavy atom. The summed E-state index contributed by atoms with van der Waals surface area (Å²) in [6.45, 7) is 8.09. The van der Waals surface area contributed by atoms with Crippen LogP contribution in [0.4, 0.5) is 18.0 Å². The number of ether oxygens (including phenoxy) is 2. The molecule has 254 valence electrons. The summed E-state index contributed by atoms with van der Waals surface area (Å²) in [5, 5.41) is 20.4. The molecule has 1 amide bonds. The predicted molar refractivity (Wildman–Crippen MR) is 158 cm³/mol. The van der Waals surface area contributed by atoms with Crippen molar-refractivity contribution in [1.29, 1.82) is 0 Å². The standard InChI is InChI=1S/C29H33F3N6O8S/c1-18-6-8-20(9-7-18)24-16-25(29(30,31)32)33-37(24)21-10-12-23(13-11-21)47(42,43)34-27(40)45-22-14-15-36(17-22)38(41)35-46-19(2)44-26(39)28(3,4)5/h6-13,16,19,22H,14-15,17H2,1-5H3,(H,34,40). The van der Waals surface area contributed by atoms with Crippen LogP contribution in [-0.2, 0) is 35.3 Å². The Morgan fingerprint density at radius 3 is 2.34 bits per heavy atom. The summed E-state index contributed by atoms with van der Waals surface area (Å²) in [6.07, 6.45) is -7.89. The molecular weight excluding hydrogens is 649 g/mol. The first kappa shape index (κ1) is 35.0. The molecule has 2 heterocycles. The van der Waals surface area contributed by atoms with E-state index in [1.807, 2.05) is 6.92 Å². The monoisotopic (exact) mass is 682 g/mol. The van der Waals surface area contributed by atoms with E-state index in [-0.39, 0.29) is 40.8 Å². The van der Waals surface area contributed by atoms with E-state index in [0.717, 1.165) is 33.5 Å². The van der Waals surface area contributed by atoms with Gasteiger partial charge in [-0.1, -0.05) is 29.8 Å². The molecule has 2 aromatic carbocycles. The first-order valence-corrected chi connectivity index (χ1v) is 15.7. The zero-order valence-electron chi connectivity index (χ0n) is 26.0. The highest BCUT2D eigenvalue weighted by Crippen LogP contribution is 2.33. The number of sulfonamides is 1. The van der Waals surface area contributed by atoms with Crippen molar-refractivity contribution in [3.05, 3.63) is 71.1 Å². The molecule has 1 aliphatic heterocycles. The Bertz CT molecular complexity index is 1740. The maximum absolute atomic E-state index is 13.5. The van der Waals surface area contributed by atoms with Crippen molar-refractivity contribution in [2.75, 3.05) is 13.1 Å². The van der Waals surface area contributed by atoms with Gasteiger partial charge in [0.2, 0.25) is 5.28 Å². The van der Waals surface area contributed by atoms with Crippen molar-refractivity contribution >= 4 is 22.1 Å². The topological polar surface area (TPSA) is 167 Å². The van der Waals surface area contributed by atoms with Gasteiger partial charge in [-0.25, -0.2) is 22.6 Å². The number of hydrogen-bond acceptors (Lipinski definition) is 10. The van der Waals surface area contributed by atoms with Crippen LogP contribution in [0.2, 0.25) is 0 Å². The fourth-order valence-corrected chi connectivity index (χ4v) is 5.11. The lowest BCUT2D eigenvalue weighted by molar-refractivity contribution is -0.709. The van der Waals surface area contributed by atoms with Crippen LogP contribution in [0.1, 0.15) is 45.4 Å². The molecule has 0 aliphatic carbocycles. The summed E-state index contributed by atoms with van der Waals surface area (Å²) in [6, 6.07) is 12.4. The molecule has 2 atom stereocenters. The van der Waals surface area contributed by atoms with Crippen molar-refractivity contribution < 1.29 is 50.5 Å². The Labute approximate surface area is 268 Å². The van der Waals surface area contributed by atoms with Crippen molar-refractivity contribution in [1.82, 2.24) is 19.5 Å². The number of carbonyl (C=O) groups is 2. The molecule has 47 heavy (non-hydrogen) atoms. The Kier molecular flexibility index (Phi) is 10.0. The van der Waals surface area contributed by atoms with Crippen LogP contribution in [0, 0.1) is 17.5 Å². The highest BCUT2D eigenvalue weighted by Gasteiger charge is 2.36. The van der Waals surface area contributed by atoms with E-state index in [4.69, 9.17) is 14.3 Å². The normalized spacial score (nSPS) is 16.5. The van der Waals surface area contributed by atoms with Crippen LogP contribution >= 0.6 is 0 Å². The molecule has 0 radical (unpaired) electrons. The SMILES string of the molecule is Cc1ccc(-c2cc(C(F)(F)F)nn2-c2ccc(S(=O)(=O)NC(=O)OC3CCN([N+]([O-])=NOC(C)OC(=O)C(C)(C)C)C3)cc2)cc1. The molecule has 1 aromatic heterocycles. The van der Waals surface area contributed by atoms with Crippen LogP contribution in [0.3, 0.4) is 0 Å². The minimum Gasteiger partial charge on any atom is -0.569 e. The van der Waals surface area contributed by atoms with Crippen LogP contribution in [-0.4, -0.2) is 65.7 Å². The van der Waals surface area contributed by atoms with Gasteiger partial charge in [-0.2, -0.15) is 18.3 Å². The van der Waals surface area contributed by atoms with Crippen molar-refractivity contribution in [3.63, 3.8) is 0 Å². The van der Waals surface area contributed by atoms with Gasteiger partial charge < -0.3 is 14.7 Å². The van der Waals surface area contributed by atoms with Crippen molar-refractivity contribution in [2.24, 2.45) is 10.7 Å². The number of halogens is 3. The van der Waals surface area contributed by atoms with Crippen LogP contribution < -0.4 is 4.72 Å². The van der Waals surface area contributed by atoms with Crippen LogP contribution in [0.5, 0.6) is 0 Å². The maximum atomic E-state index is 13.5. The third-order valence-electron chi connectivity index (χ3n) is 6.75. The molecule has 18 heteroatoms. The Hall–Kier alpha value is -4.87. The number of hydrogen-bond donors (Lipinski definition) is 1. The molecule has 1 fully saturated rings. The smallest absolute Gasteiger partial charge is 0.435 e. The first-order chi connectivity index (χ1) is 21.8. The third-order valence-corrected chi connectivity index (χ3v) is 8.07. The largest absolute Gasteiger partial charge is 0.569 e. The fraction of sp³-hybridized carbons (Fsp3) is 0.414. The molecule has 1 aliphatic rings. The molecule has 0 spiro atoms. The second-order valence-corrected chi connectivity index (χ2v) is 13.4. The molecule has 1 saturated heterocycles. The van der Waals surface area contributed by atoms with Crippen LogP contribution in [0.15, 0.2) is 64.8 Å².